The molecule has 0 radical (unpaired) electrons. The Labute approximate surface area is 242 Å². The smallest absolute Gasteiger partial charge is 0.418 e. The number of H-pyrrole nitrogens is 1. The van der Waals surface area contributed by atoms with Crippen molar-refractivity contribution >= 4 is 47.0 Å². The fraction of sp³-hybridized carbons (Fsp3) is 0.615. The zero-order valence-corrected chi connectivity index (χ0v) is 27.2. The lowest BCUT2D eigenvalue weighted by Crippen LogP contribution is -2.53. The van der Waals surface area contributed by atoms with Crippen LogP contribution in [0.15, 0.2) is 33.9 Å². The largest absolute Gasteiger partial charge is 0.443 e. The van der Waals surface area contributed by atoms with Crippen LogP contribution >= 0.6 is 27.7 Å². The van der Waals surface area contributed by atoms with Gasteiger partial charge in [0.2, 0.25) is 0 Å². The molecular formula is C26H38BrF2N5O3SSi. The van der Waals surface area contributed by atoms with Crippen LogP contribution in [0, 0.1) is 11.7 Å². The Morgan fingerprint density at radius 2 is 2.00 bits per heavy atom. The van der Waals surface area contributed by atoms with E-state index >= 15 is 8.78 Å². The fourth-order valence-electron chi connectivity index (χ4n) is 4.23. The van der Waals surface area contributed by atoms with Crippen molar-refractivity contribution in [2.45, 2.75) is 76.2 Å². The summed E-state index contributed by atoms with van der Waals surface area (Å²) in [6, 6.07) is 5.25. The number of amides is 1. The number of aliphatic imine (C=N–C) groups is 1. The molecule has 1 N–H and O–H groups in total. The number of halogens is 3. The molecule has 1 aromatic heterocycles. The van der Waals surface area contributed by atoms with Crippen molar-refractivity contribution in [1.29, 1.82) is 0 Å². The van der Waals surface area contributed by atoms with E-state index in [1.807, 2.05) is 13.8 Å². The summed E-state index contributed by atoms with van der Waals surface area (Å²) in [6.45, 7) is 14.9. The molecule has 3 rings (SSSR count). The molecule has 8 nitrogen and oxygen atoms in total. The zero-order valence-electron chi connectivity index (χ0n) is 23.8. The zero-order chi connectivity index (χ0) is 29.2. The molecule has 1 aromatic carbocycles. The normalized spacial score (nSPS) is 23.9. The Morgan fingerprint density at radius 1 is 1.31 bits per heavy atom. The minimum Gasteiger partial charge on any atom is -0.443 e. The number of hydrogen-bond donors (Lipinski definition) is 1. The van der Waals surface area contributed by atoms with Crippen molar-refractivity contribution in [2.75, 3.05) is 20.0 Å². The number of nitrogens with one attached hydrogen (secondary N) is 1. The molecule has 0 fully saturated rings. The van der Waals surface area contributed by atoms with Crippen LogP contribution in [0.3, 0.4) is 0 Å². The molecule has 0 saturated carbocycles. The topological polar surface area (TPSA) is 92.7 Å². The summed E-state index contributed by atoms with van der Waals surface area (Å²) >= 11 is 4.62. The van der Waals surface area contributed by atoms with Crippen LogP contribution in [-0.4, -0.2) is 65.3 Å². The average Bonchev–Trinajstić information content (AvgIpc) is 3.37. The van der Waals surface area contributed by atoms with E-state index in [9.17, 15) is 4.79 Å². The second-order valence-corrected chi connectivity index (χ2v) is 20.1. The molecule has 3 atom stereocenters. The summed E-state index contributed by atoms with van der Waals surface area (Å²) in [6.07, 6.45) is 0.857. The highest BCUT2D eigenvalue weighted by atomic mass is 79.9. The number of nitrogens with zero attached hydrogens (tertiary/aromatic N) is 4. The molecule has 0 aliphatic carbocycles. The van der Waals surface area contributed by atoms with Crippen molar-refractivity contribution in [3.05, 3.63) is 45.9 Å². The SMILES string of the molecule is C[C@H]1[C@@](CF)(c2cc(Br)ccc2F)N=C(N(COCC[Si](C)(C)C)C(=O)OC(C)(C)C)S[C@]1(C)c1cn[nH]n1. The van der Waals surface area contributed by atoms with Crippen molar-refractivity contribution in [3.8, 4) is 0 Å². The summed E-state index contributed by atoms with van der Waals surface area (Å²) in [5, 5.41) is 11.0. The van der Waals surface area contributed by atoms with Crippen LogP contribution in [0.2, 0.25) is 25.7 Å². The van der Waals surface area contributed by atoms with Crippen LogP contribution in [-0.2, 0) is 19.8 Å². The second-order valence-electron chi connectivity index (χ2n) is 12.1. The Hall–Kier alpha value is -1.83. The van der Waals surface area contributed by atoms with Gasteiger partial charge in [0.15, 0.2) is 5.17 Å². The van der Waals surface area contributed by atoms with Gasteiger partial charge in [-0.1, -0.05) is 54.3 Å². The monoisotopic (exact) mass is 645 g/mol. The summed E-state index contributed by atoms with van der Waals surface area (Å²) in [5.74, 6) is -1.21. The van der Waals surface area contributed by atoms with Gasteiger partial charge in [-0.2, -0.15) is 15.4 Å². The maximum Gasteiger partial charge on any atom is 0.418 e. The fourth-order valence-corrected chi connectivity index (χ4v) is 6.75. The highest BCUT2D eigenvalue weighted by molar-refractivity contribution is 9.10. The Bertz CT molecular complexity index is 1190. The van der Waals surface area contributed by atoms with Gasteiger partial charge in [0.25, 0.3) is 0 Å². The van der Waals surface area contributed by atoms with Crippen molar-refractivity contribution < 1.29 is 23.0 Å². The van der Waals surface area contributed by atoms with Gasteiger partial charge in [-0.05, 0) is 51.9 Å². The van der Waals surface area contributed by atoms with E-state index in [2.05, 4.69) is 51.0 Å². The third-order valence-electron chi connectivity index (χ3n) is 6.72. The average molecular weight is 647 g/mol. The first-order valence-electron chi connectivity index (χ1n) is 12.8. The molecule has 2 heterocycles. The van der Waals surface area contributed by atoms with E-state index in [1.54, 1.807) is 33.0 Å². The quantitative estimate of drug-likeness (QED) is 0.187. The van der Waals surface area contributed by atoms with E-state index in [1.165, 1.54) is 28.8 Å². The van der Waals surface area contributed by atoms with Crippen LogP contribution < -0.4 is 0 Å². The number of amidine groups is 1. The van der Waals surface area contributed by atoms with Crippen LogP contribution in [0.25, 0.3) is 0 Å². The lowest BCUT2D eigenvalue weighted by molar-refractivity contribution is 0.0106. The van der Waals surface area contributed by atoms with E-state index in [0.29, 0.717) is 16.8 Å². The number of rotatable bonds is 8. The number of carbonyl (C=O) groups is 1. The summed E-state index contributed by atoms with van der Waals surface area (Å²) in [5.41, 5.74) is -1.89. The molecule has 39 heavy (non-hydrogen) atoms. The predicted molar refractivity (Wildman–Crippen MR) is 157 cm³/mol. The third-order valence-corrected chi connectivity index (χ3v) is 10.4. The number of alkyl halides is 1. The van der Waals surface area contributed by atoms with E-state index in [0.717, 1.165) is 6.04 Å². The maximum absolute atomic E-state index is 15.4. The van der Waals surface area contributed by atoms with Gasteiger partial charge >= 0.3 is 6.09 Å². The van der Waals surface area contributed by atoms with Crippen LogP contribution in [0.1, 0.15) is 45.9 Å². The molecule has 1 aliphatic heterocycles. The summed E-state index contributed by atoms with van der Waals surface area (Å²) < 4.78 is 42.1. The number of carbonyl (C=O) groups excluding carboxylic acids is 1. The number of ether oxygens (including phenoxy) is 2. The van der Waals surface area contributed by atoms with Gasteiger partial charge in [-0.25, -0.2) is 23.5 Å². The molecule has 0 unspecified atom stereocenters. The first-order chi connectivity index (χ1) is 18.0. The minimum absolute atomic E-state index is 0.0724. The first kappa shape index (κ1) is 31.7. The van der Waals surface area contributed by atoms with Crippen molar-refractivity contribution in [2.24, 2.45) is 10.9 Å². The number of hydrogen-bond acceptors (Lipinski definition) is 7. The Balaban J connectivity index is 2.18. The molecule has 0 bridgehead atoms. The first-order valence-corrected chi connectivity index (χ1v) is 18.1. The van der Waals surface area contributed by atoms with E-state index in [-0.39, 0.29) is 17.5 Å². The van der Waals surface area contributed by atoms with Gasteiger partial charge in [-0.15, -0.1) is 0 Å². The van der Waals surface area contributed by atoms with E-state index < -0.39 is 48.5 Å². The lowest BCUT2D eigenvalue weighted by atomic mass is 9.72. The molecular weight excluding hydrogens is 608 g/mol. The molecule has 0 saturated heterocycles. The molecule has 1 amide bonds. The third kappa shape index (κ3) is 7.28. The number of benzene rings is 1. The van der Waals surface area contributed by atoms with Gasteiger partial charge in [-0.3, -0.25) is 0 Å². The minimum atomic E-state index is -1.68. The Morgan fingerprint density at radius 3 is 2.56 bits per heavy atom. The molecule has 2 aromatic rings. The van der Waals surface area contributed by atoms with Crippen molar-refractivity contribution in [3.63, 3.8) is 0 Å². The van der Waals surface area contributed by atoms with Gasteiger partial charge in [0, 0.05) is 30.6 Å². The predicted octanol–water partition coefficient (Wildman–Crippen LogP) is 7.07. The molecule has 1 aliphatic rings. The molecule has 216 valence electrons. The second kappa shape index (κ2) is 12.0. The maximum atomic E-state index is 15.4. The van der Waals surface area contributed by atoms with Gasteiger partial charge < -0.3 is 9.47 Å². The van der Waals surface area contributed by atoms with Gasteiger partial charge in [0.1, 0.15) is 30.4 Å². The highest BCUT2D eigenvalue weighted by Gasteiger charge is 2.56. The van der Waals surface area contributed by atoms with E-state index in [4.69, 9.17) is 14.5 Å². The lowest BCUT2D eigenvalue weighted by Gasteiger charge is -2.48. The standard InChI is InChI=1S/C26H38BrF2N5O3SSi/c1-17-25(5,21-14-30-33-32-21)38-22(31-26(17,15-28)19-13-18(27)9-10-20(19)29)34(23(35)37-24(2,3)4)16-36-11-12-39(6,7)8/h9-10,13-14,17H,11-12,15-16H2,1-8H3,(H,30,32,33)/t17-,25+,26+/m1/s1. The Kier molecular flexibility index (Phi) is 9.71. The number of thioether (sulfide) groups is 1. The number of aromatic nitrogens is 3. The van der Waals surface area contributed by atoms with Gasteiger partial charge in [0.05, 0.1) is 16.6 Å². The van der Waals surface area contributed by atoms with Crippen LogP contribution in [0.4, 0.5) is 13.6 Å². The van der Waals surface area contributed by atoms with Crippen molar-refractivity contribution in [1.82, 2.24) is 20.3 Å². The molecule has 0 spiro atoms. The number of aromatic amines is 1. The molecule has 13 heteroatoms. The summed E-state index contributed by atoms with van der Waals surface area (Å²) in [4.78, 5) is 19.6. The van der Waals surface area contributed by atoms with Crippen LogP contribution in [0.5, 0.6) is 0 Å². The highest BCUT2D eigenvalue weighted by Crippen LogP contribution is 2.56. The summed E-state index contributed by atoms with van der Waals surface area (Å²) in [7, 11) is -1.40.